The van der Waals surface area contributed by atoms with Gasteiger partial charge in [-0.15, -0.1) is 0 Å². The highest BCUT2D eigenvalue weighted by Crippen LogP contribution is 2.22. The summed E-state index contributed by atoms with van der Waals surface area (Å²) < 4.78 is 0.749. The Morgan fingerprint density at radius 2 is 2.20 bits per heavy atom. The van der Waals surface area contributed by atoms with Crippen molar-refractivity contribution in [3.63, 3.8) is 0 Å². The number of carbonyl (C=O) groups excluding carboxylic acids is 1. The van der Waals surface area contributed by atoms with Crippen molar-refractivity contribution in [2.45, 2.75) is 0 Å². The van der Waals surface area contributed by atoms with Gasteiger partial charge in [0.05, 0.1) is 28.7 Å². The zero-order chi connectivity index (χ0) is 14.7. The number of nitrogens with two attached hydrogens (primary N) is 1. The number of nitriles is 1. The highest BCUT2D eigenvalue weighted by atomic mass is 79.9. The van der Waals surface area contributed by atoms with E-state index < -0.39 is 5.91 Å². The molecule has 5 nitrogen and oxygen atoms in total. The van der Waals surface area contributed by atoms with Crippen molar-refractivity contribution in [1.82, 2.24) is 4.98 Å². The van der Waals surface area contributed by atoms with Crippen LogP contribution in [0.2, 0.25) is 5.15 Å². The Hall–Kier alpha value is -2.10. The van der Waals surface area contributed by atoms with Crippen LogP contribution in [-0.4, -0.2) is 10.9 Å². The molecule has 0 aliphatic carbocycles. The molecule has 0 saturated heterocycles. The first-order valence-electron chi connectivity index (χ1n) is 5.43. The molecule has 1 aromatic carbocycles. The Balaban J connectivity index is 2.33. The molecule has 1 amide bonds. The number of halogens is 2. The van der Waals surface area contributed by atoms with E-state index >= 15 is 0 Å². The highest BCUT2D eigenvalue weighted by molar-refractivity contribution is 9.10. The van der Waals surface area contributed by atoms with Crippen molar-refractivity contribution >= 4 is 44.8 Å². The quantitative estimate of drug-likeness (QED) is 0.813. The van der Waals surface area contributed by atoms with Crippen molar-refractivity contribution in [3.05, 3.63) is 51.2 Å². The number of nitrogens with one attached hydrogen (secondary N) is 1. The Morgan fingerprint density at radius 3 is 2.90 bits per heavy atom. The Kier molecular flexibility index (Phi) is 4.23. The lowest BCUT2D eigenvalue weighted by Crippen LogP contribution is -2.15. The van der Waals surface area contributed by atoms with E-state index in [4.69, 9.17) is 22.6 Å². The zero-order valence-electron chi connectivity index (χ0n) is 10.0. The number of benzene rings is 1. The number of rotatable bonds is 2. The van der Waals surface area contributed by atoms with E-state index in [1.54, 1.807) is 18.2 Å². The van der Waals surface area contributed by atoms with Crippen molar-refractivity contribution in [1.29, 1.82) is 5.26 Å². The molecule has 3 N–H and O–H groups in total. The number of aromatic nitrogens is 1. The SMILES string of the molecule is N#Cc1cc(Br)ccc1NC(=O)c1cc(Cl)ncc1N. The molecule has 0 fully saturated rings. The first kappa shape index (κ1) is 14.3. The summed E-state index contributed by atoms with van der Waals surface area (Å²) in [5.74, 6) is -0.453. The summed E-state index contributed by atoms with van der Waals surface area (Å²) in [7, 11) is 0. The molecule has 0 saturated carbocycles. The maximum absolute atomic E-state index is 12.1. The number of hydrogen-bond donors (Lipinski definition) is 2. The van der Waals surface area contributed by atoms with Gasteiger partial charge in [0.2, 0.25) is 0 Å². The Labute approximate surface area is 128 Å². The van der Waals surface area contributed by atoms with E-state index in [9.17, 15) is 4.79 Å². The number of nitrogen functional groups attached to an aromatic ring is 1. The third-order valence-electron chi connectivity index (χ3n) is 2.50. The van der Waals surface area contributed by atoms with Gasteiger partial charge in [-0.2, -0.15) is 5.26 Å². The molecule has 1 heterocycles. The Bertz CT molecular complexity index is 727. The second-order valence-corrected chi connectivity index (χ2v) is 5.15. The minimum Gasteiger partial charge on any atom is -0.397 e. The third-order valence-corrected chi connectivity index (χ3v) is 3.20. The summed E-state index contributed by atoms with van der Waals surface area (Å²) in [6.07, 6.45) is 1.31. The van der Waals surface area contributed by atoms with Crippen LogP contribution in [0.3, 0.4) is 0 Å². The second kappa shape index (κ2) is 5.90. The summed E-state index contributed by atoms with van der Waals surface area (Å²) in [6, 6.07) is 8.33. The maximum atomic E-state index is 12.1. The summed E-state index contributed by atoms with van der Waals surface area (Å²) in [5.41, 5.74) is 6.84. The van der Waals surface area contributed by atoms with E-state index in [2.05, 4.69) is 26.2 Å². The van der Waals surface area contributed by atoms with Gasteiger partial charge < -0.3 is 11.1 Å². The summed E-state index contributed by atoms with van der Waals surface area (Å²) in [6.45, 7) is 0. The van der Waals surface area contributed by atoms with E-state index in [1.165, 1.54) is 12.3 Å². The molecule has 0 radical (unpaired) electrons. The second-order valence-electron chi connectivity index (χ2n) is 3.85. The van der Waals surface area contributed by atoms with Gasteiger partial charge in [0.15, 0.2) is 0 Å². The normalized spacial score (nSPS) is 9.85. The molecule has 0 atom stereocenters. The van der Waals surface area contributed by atoms with E-state index in [-0.39, 0.29) is 16.4 Å². The number of carbonyl (C=O) groups is 1. The minimum absolute atomic E-state index is 0.167. The predicted octanol–water partition coefficient (Wildman–Crippen LogP) is 3.20. The predicted molar refractivity (Wildman–Crippen MR) is 80.5 cm³/mol. The lowest BCUT2D eigenvalue weighted by atomic mass is 10.1. The van der Waals surface area contributed by atoms with Gasteiger partial charge in [0.1, 0.15) is 11.2 Å². The molecule has 0 bridgehead atoms. The molecule has 0 aliphatic rings. The van der Waals surface area contributed by atoms with Gasteiger partial charge in [-0.25, -0.2) is 4.98 Å². The maximum Gasteiger partial charge on any atom is 0.257 e. The molecule has 0 aliphatic heterocycles. The molecular weight excluding hydrogens is 344 g/mol. The number of pyridine rings is 1. The van der Waals surface area contributed by atoms with Crippen LogP contribution in [0.25, 0.3) is 0 Å². The molecule has 0 unspecified atom stereocenters. The molecule has 7 heteroatoms. The standard InChI is InChI=1S/C13H8BrClN4O/c14-8-1-2-11(7(3-8)5-16)19-13(20)9-4-12(15)18-6-10(9)17/h1-4,6H,17H2,(H,19,20). The van der Waals surface area contributed by atoms with Gasteiger partial charge in [0, 0.05) is 4.47 Å². The lowest BCUT2D eigenvalue weighted by molar-refractivity contribution is 0.102. The van der Waals surface area contributed by atoms with Crippen LogP contribution >= 0.6 is 27.5 Å². The van der Waals surface area contributed by atoms with Crippen LogP contribution in [0.1, 0.15) is 15.9 Å². The van der Waals surface area contributed by atoms with E-state index in [0.29, 0.717) is 11.3 Å². The fourth-order valence-electron chi connectivity index (χ4n) is 1.54. The van der Waals surface area contributed by atoms with Crippen molar-refractivity contribution < 1.29 is 4.79 Å². The highest BCUT2D eigenvalue weighted by Gasteiger charge is 2.13. The number of hydrogen-bond acceptors (Lipinski definition) is 4. The average Bonchev–Trinajstić information content (AvgIpc) is 2.43. The van der Waals surface area contributed by atoms with Gasteiger partial charge in [-0.1, -0.05) is 27.5 Å². The number of amides is 1. The lowest BCUT2D eigenvalue weighted by Gasteiger charge is -2.09. The average molecular weight is 352 g/mol. The van der Waals surface area contributed by atoms with Gasteiger partial charge >= 0.3 is 0 Å². The molecule has 0 spiro atoms. The van der Waals surface area contributed by atoms with E-state index in [0.717, 1.165) is 4.47 Å². The minimum atomic E-state index is -0.453. The van der Waals surface area contributed by atoms with Gasteiger partial charge in [0.25, 0.3) is 5.91 Å². The summed E-state index contributed by atoms with van der Waals surface area (Å²) >= 11 is 9.00. The van der Waals surface area contributed by atoms with Gasteiger partial charge in [-0.3, -0.25) is 4.79 Å². The first-order valence-corrected chi connectivity index (χ1v) is 6.60. The van der Waals surface area contributed by atoms with Crippen molar-refractivity contribution in [2.24, 2.45) is 0 Å². The van der Waals surface area contributed by atoms with Crippen LogP contribution in [-0.2, 0) is 0 Å². The fraction of sp³-hybridized carbons (Fsp3) is 0. The number of anilines is 2. The molecule has 20 heavy (non-hydrogen) atoms. The Morgan fingerprint density at radius 1 is 1.45 bits per heavy atom. The van der Waals surface area contributed by atoms with Crippen molar-refractivity contribution in [2.75, 3.05) is 11.1 Å². The van der Waals surface area contributed by atoms with Crippen LogP contribution in [0, 0.1) is 11.3 Å². The van der Waals surface area contributed by atoms with Gasteiger partial charge in [-0.05, 0) is 24.3 Å². The van der Waals surface area contributed by atoms with Crippen molar-refractivity contribution in [3.8, 4) is 6.07 Å². The van der Waals surface area contributed by atoms with E-state index in [1.807, 2.05) is 6.07 Å². The molecule has 1 aromatic heterocycles. The monoisotopic (exact) mass is 350 g/mol. The molecule has 2 aromatic rings. The molecule has 2 rings (SSSR count). The molecular formula is C13H8BrClN4O. The smallest absolute Gasteiger partial charge is 0.257 e. The summed E-state index contributed by atoms with van der Waals surface area (Å²) in [4.78, 5) is 15.9. The third kappa shape index (κ3) is 3.07. The zero-order valence-corrected chi connectivity index (χ0v) is 12.4. The largest absolute Gasteiger partial charge is 0.397 e. The fourth-order valence-corrected chi connectivity index (χ4v) is 2.06. The van der Waals surface area contributed by atoms with Crippen LogP contribution in [0.5, 0.6) is 0 Å². The molecule has 100 valence electrons. The van der Waals surface area contributed by atoms with Crippen LogP contribution < -0.4 is 11.1 Å². The van der Waals surface area contributed by atoms with Crippen LogP contribution in [0.4, 0.5) is 11.4 Å². The topological polar surface area (TPSA) is 91.8 Å². The summed E-state index contributed by atoms with van der Waals surface area (Å²) in [5, 5.41) is 11.8. The van der Waals surface area contributed by atoms with Crippen LogP contribution in [0.15, 0.2) is 34.9 Å². The number of nitrogens with zero attached hydrogens (tertiary/aromatic N) is 2. The first-order chi connectivity index (χ1) is 9.51.